The summed E-state index contributed by atoms with van der Waals surface area (Å²) in [5.74, 6) is 6.66. The summed E-state index contributed by atoms with van der Waals surface area (Å²) in [6.45, 7) is 3.05. The zero-order valence-electron chi connectivity index (χ0n) is 11.0. The molecule has 2 aromatic rings. The van der Waals surface area contributed by atoms with Crippen molar-refractivity contribution in [1.29, 1.82) is 0 Å². The Morgan fingerprint density at radius 1 is 1.05 bits per heavy atom. The fourth-order valence-electron chi connectivity index (χ4n) is 1.72. The van der Waals surface area contributed by atoms with Crippen molar-refractivity contribution in [2.24, 2.45) is 5.73 Å². The third-order valence-electron chi connectivity index (χ3n) is 2.84. The highest BCUT2D eigenvalue weighted by atomic mass is 16.5. The average molecular weight is 251 g/mol. The van der Waals surface area contributed by atoms with Crippen molar-refractivity contribution in [3.8, 4) is 17.6 Å². The summed E-state index contributed by atoms with van der Waals surface area (Å²) in [5, 5.41) is 0. The van der Waals surface area contributed by atoms with Gasteiger partial charge in [-0.2, -0.15) is 0 Å². The van der Waals surface area contributed by atoms with Crippen molar-refractivity contribution in [2.45, 2.75) is 13.5 Å². The largest absolute Gasteiger partial charge is 0.489 e. The Bertz CT molecular complexity index is 591. The van der Waals surface area contributed by atoms with Gasteiger partial charge in [0.1, 0.15) is 12.4 Å². The van der Waals surface area contributed by atoms with E-state index in [0.29, 0.717) is 13.2 Å². The smallest absolute Gasteiger partial charge is 0.119 e. The van der Waals surface area contributed by atoms with Gasteiger partial charge < -0.3 is 10.5 Å². The number of rotatable bonds is 3. The minimum atomic E-state index is 0.380. The molecule has 0 radical (unpaired) electrons. The fourth-order valence-corrected chi connectivity index (χ4v) is 1.72. The van der Waals surface area contributed by atoms with E-state index in [1.807, 2.05) is 36.4 Å². The van der Waals surface area contributed by atoms with Crippen molar-refractivity contribution in [3.05, 3.63) is 65.2 Å². The van der Waals surface area contributed by atoms with Crippen LogP contribution in [0.5, 0.6) is 5.75 Å². The number of benzene rings is 2. The van der Waals surface area contributed by atoms with Crippen LogP contribution >= 0.6 is 0 Å². The number of ether oxygens (including phenoxy) is 1. The Balaban J connectivity index is 1.99. The first kappa shape index (κ1) is 13.2. The van der Waals surface area contributed by atoms with Crippen LogP contribution in [0, 0.1) is 18.8 Å². The van der Waals surface area contributed by atoms with E-state index in [1.54, 1.807) is 0 Å². The maximum Gasteiger partial charge on any atom is 0.119 e. The van der Waals surface area contributed by atoms with Gasteiger partial charge in [0.2, 0.25) is 0 Å². The summed E-state index contributed by atoms with van der Waals surface area (Å²) in [6.07, 6.45) is 0. The van der Waals surface area contributed by atoms with Gasteiger partial charge >= 0.3 is 0 Å². The maximum absolute atomic E-state index is 5.76. The Labute approximate surface area is 114 Å². The molecule has 0 bridgehead atoms. The normalized spacial score (nSPS) is 9.58. The molecule has 0 aliphatic heterocycles. The standard InChI is InChI=1S/C17H17NO/c1-14-5-2-3-7-16(14)13-19-17-10-8-15(9-11-17)6-4-12-18/h2-3,5,7-11H,12-13,18H2,1H3. The molecule has 19 heavy (non-hydrogen) atoms. The minimum Gasteiger partial charge on any atom is -0.489 e. The molecule has 0 aliphatic carbocycles. The fraction of sp³-hybridized carbons (Fsp3) is 0.176. The molecule has 0 heterocycles. The quantitative estimate of drug-likeness (QED) is 0.851. The van der Waals surface area contributed by atoms with Crippen LogP contribution in [0.25, 0.3) is 0 Å². The molecule has 0 spiro atoms. The van der Waals surface area contributed by atoms with Gasteiger partial charge in [-0.25, -0.2) is 0 Å². The molecule has 0 unspecified atom stereocenters. The van der Waals surface area contributed by atoms with Crippen molar-refractivity contribution < 1.29 is 4.74 Å². The molecule has 0 saturated heterocycles. The Hall–Kier alpha value is -2.24. The molecule has 2 heteroatoms. The first-order valence-electron chi connectivity index (χ1n) is 6.26. The second-order valence-corrected chi connectivity index (χ2v) is 4.25. The molecular weight excluding hydrogens is 234 g/mol. The van der Waals surface area contributed by atoms with Crippen LogP contribution < -0.4 is 10.5 Å². The summed E-state index contributed by atoms with van der Waals surface area (Å²) in [6, 6.07) is 16.0. The summed E-state index contributed by atoms with van der Waals surface area (Å²) in [7, 11) is 0. The van der Waals surface area contributed by atoms with E-state index in [0.717, 1.165) is 11.3 Å². The van der Waals surface area contributed by atoms with Gasteiger partial charge in [0.15, 0.2) is 0 Å². The number of aryl methyl sites for hydroxylation is 1. The highest BCUT2D eigenvalue weighted by molar-refractivity contribution is 5.38. The predicted octanol–water partition coefficient (Wildman–Crippen LogP) is 2.88. The second-order valence-electron chi connectivity index (χ2n) is 4.25. The maximum atomic E-state index is 5.76. The molecule has 96 valence electrons. The van der Waals surface area contributed by atoms with Crippen LogP contribution in [-0.2, 0) is 6.61 Å². The Kier molecular flexibility index (Phi) is 4.60. The van der Waals surface area contributed by atoms with E-state index in [9.17, 15) is 0 Å². The van der Waals surface area contributed by atoms with Crippen LogP contribution in [-0.4, -0.2) is 6.54 Å². The summed E-state index contributed by atoms with van der Waals surface area (Å²) >= 11 is 0. The van der Waals surface area contributed by atoms with E-state index < -0.39 is 0 Å². The van der Waals surface area contributed by atoms with Gasteiger partial charge in [-0.05, 0) is 42.3 Å². The number of hydrogen-bond acceptors (Lipinski definition) is 2. The van der Waals surface area contributed by atoms with Gasteiger partial charge in [-0.1, -0.05) is 36.1 Å². The highest BCUT2D eigenvalue weighted by Gasteiger charge is 1.98. The van der Waals surface area contributed by atoms with Crippen molar-refractivity contribution in [1.82, 2.24) is 0 Å². The van der Waals surface area contributed by atoms with E-state index in [4.69, 9.17) is 10.5 Å². The van der Waals surface area contributed by atoms with Crippen LogP contribution in [0.15, 0.2) is 48.5 Å². The van der Waals surface area contributed by atoms with Gasteiger partial charge in [0.25, 0.3) is 0 Å². The molecule has 0 atom stereocenters. The topological polar surface area (TPSA) is 35.2 Å². The van der Waals surface area contributed by atoms with Crippen molar-refractivity contribution in [2.75, 3.05) is 6.54 Å². The van der Waals surface area contributed by atoms with E-state index >= 15 is 0 Å². The van der Waals surface area contributed by atoms with Gasteiger partial charge in [-0.3, -0.25) is 0 Å². The summed E-state index contributed by atoms with van der Waals surface area (Å²) in [4.78, 5) is 0. The van der Waals surface area contributed by atoms with E-state index in [2.05, 4.69) is 30.9 Å². The lowest BCUT2D eigenvalue weighted by Crippen LogP contribution is -1.97. The van der Waals surface area contributed by atoms with Crippen LogP contribution in [0.2, 0.25) is 0 Å². The van der Waals surface area contributed by atoms with Gasteiger partial charge in [0.05, 0.1) is 6.54 Å². The molecule has 2 N–H and O–H groups in total. The number of nitrogens with two attached hydrogens (primary N) is 1. The molecule has 2 nitrogen and oxygen atoms in total. The molecule has 2 aromatic carbocycles. The Morgan fingerprint density at radius 2 is 1.79 bits per heavy atom. The van der Waals surface area contributed by atoms with E-state index in [-0.39, 0.29) is 0 Å². The lowest BCUT2D eigenvalue weighted by atomic mass is 10.1. The molecular formula is C17H17NO. The second kappa shape index (κ2) is 6.63. The van der Waals surface area contributed by atoms with E-state index in [1.165, 1.54) is 11.1 Å². The van der Waals surface area contributed by atoms with Crippen LogP contribution in [0.1, 0.15) is 16.7 Å². The monoisotopic (exact) mass is 251 g/mol. The first-order chi connectivity index (χ1) is 9.29. The zero-order chi connectivity index (χ0) is 13.5. The van der Waals surface area contributed by atoms with Crippen molar-refractivity contribution in [3.63, 3.8) is 0 Å². The highest BCUT2D eigenvalue weighted by Crippen LogP contribution is 2.15. The Morgan fingerprint density at radius 3 is 2.47 bits per heavy atom. The SMILES string of the molecule is Cc1ccccc1COc1ccc(C#CCN)cc1. The molecule has 0 saturated carbocycles. The third kappa shape index (κ3) is 3.87. The first-order valence-corrected chi connectivity index (χ1v) is 6.26. The lowest BCUT2D eigenvalue weighted by Gasteiger charge is -2.08. The zero-order valence-corrected chi connectivity index (χ0v) is 11.0. The molecule has 0 aromatic heterocycles. The molecule has 2 rings (SSSR count). The van der Waals surface area contributed by atoms with Crippen LogP contribution in [0.3, 0.4) is 0 Å². The molecule has 0 amide bonds. The lowest BCUT2D eigenvalue weighted by molar-refractivity contribution is 0.305. The molecule has 0 fully saturated rings. The third-order valence-corrected chi connectivity index (χ3v) is 2.84. The summed E-state index contributed by atoms with van der Waals surface area (Å²) in [5.41, 5.74) is 8.73. The summed E-state index contributed by atoms with van der Waals surface area (Å²) < 4.78 is 5.76. The van der Waals surface area contributed by atoms with Crippen molar-refractivity contribution >= 4 is 0 Å². The van der Waals surface area contributed by atoms with Gasteiger partial charge in [-0.15, -0.1) is 0 Å². The minimum absolute atomic E-state index is 0.380. The average Bonchev–Trinajstić information content (AvgIpc) is 2.45. The van der Waals surface area contributed by atoms with Crippen LogP contribution in [0.4, 0.5) is 0 Å². The molecule has 0 aliphatic rings. The number of hydrogen-bond donors (Lipinski definition) is 1. The predicted molar refractivity (Wildman–Crippen MR) is 77.9 cm³/mol. The van der Waals surface area contributed by atoms with Gasteiger partial charge in [0, 0.05) is 5.56 Å².